The number of piperidine rings is 2. The van der Waals surface area contributed by atoms with E-state index in [1.54, 1.807) is 13.2 Å². The van der Waals surface area contributed by atoms with Crippen LogP contribution in [-0.2, 0) is 9.84 Å². The van der Waals surface area contributed by atoms with Crippen LogP contribution in [0.25, 0.3) is 10.9 Å². The van der Waals surface area contributed by atoms with Crippen molar-refractivity contribution < 1.29 is 26.7 Å². The van der Waals surface area contributed by atoms with E-state index in [2.05, 4.69) is 38.4 Å². The number of sulfone groups is 1. The third kappa shape index (κ3) is 13.3. The molecule has 3 aliphatic heterocycles. The Balaban J connectivity index is 1.01. The molecule has 62 heavy (non-hydrogen) atoms. The first-order valence-corrected chi connectivity index (χ1v) is 26.0. The minimum Gasteiger partial charge on any atom is -0.497 e. The van der Waals surface area contributed by atoms with Crippen LogP contribution in [0.1, 0.15) is 142 Å². The number of anilines is 1. The summed E-state index contributed by atoms with van der Waals surface area (Å²) in [5.74, 6) is -2.00. The summed E-state index contributed by atoms with van der Waals surface area (Å²) in [4.78, 5) is 14.0. The minimum absolute atomic E-state index is 0.0694. The van der Waals surface area contributed by atoms with Crippen molar-refractivity contribution in [3.8, 4) is 11.5 Å². The van der Waals surface area contributed by atoms with Crippen molar-refractivity contribution >= 4 is 26.4 Å². The van der Waals surface area contributed by atoms with E-state index in [1.807, 2.05) is 12.1 Å². The summed E-state index contributed by atoms with van der Waals surface area (Å²) in [5, 5.41) is 0.631. The molecular weight excluding hydrogens is 805 g/mol. The number of piperazine rings is 1. The highest BCUT2D eigenvalue weighted by atomic mass is 32.2. The molecule has 9 nitrogen and oxygen atoms in total. The van der Waals surface area contributed by atoms with Crippen molar-refractivity contribution in [3.63, 3.8) is 0 Å². The monoisotopic (exact) mass is 882 g/mol. The lowest BCUT2D eigenvalue weighted by Gasteiger charge is -2.46. The van der Waals surface area contributed by atoms with E-state index in [4.69, 9.17) is 9.47 Å². The van der Waals surface area contributed by atoms with Gasteiger partial charge in [-0.15, -0.1) is 0 Å². The van der Waals surface area contributed by atoms with Gasteiger partial charge >= 0.3 is 0 Å². The maximum Gasteiger partial charge on any atom is 0.210 e. The Labute approximate surface area is 372 Å². The van der Waals surface area contributed by atoms with Crippen molar-refractivity contribution in [2.45, 2.75) is 164 Å². The van der Waals surface area contributed by atoms with Crippen molar-refractivity contribution in [2.75, 3.05) is 77.5 Å². The minimum atomic E-state index is -4.40. The Morgan fingerprint density at radius 2 is 1.16 bits per heavy atom. The third-order valence-corrected chi connectivity index (χ3v) is 15.7. The summed E-state index contributed by atoms with van der Waals surface area (Å²) in [7, 11) is -2.83. The highest BCUT2D eigenvalue weighted by Gasteiger charge is 2.34. The normalized spacial score (nSPS) is 17.9. The Morgan fingerprint density at radius 3 is 1.66 bits per heavy atom. The molecule has 0 unspecified atom stereocenters. The quantitative estimate of drug-likeness (QED) is 0.0773. The van der Waals surface area contributed by atoms with Gasteiger partial charge < -0.3 is 19.3 Å². The van der Waals surface area contributed by atoms with Crippen LogP contribution in [0.5, 0.6) is 11.5 Å². The van der Waals surface area contributed by atoms with Crippen LogP contribution in [0.15, 0.2) is 46.3 Å². The van der Waals surface area contributed by atoms with E-state index in [9.17, 15) is 8.42 Å². The number of pyridine rings is 1. The lowest BCUT2D eigenvalue weighted by atomic mass is 9.99. The zero-order valence-electron chi connectivity index (χ0n) is 38.4. The first-order valence-electron chi connectivity index (χ1n) is 24.5. The highest BCUT2D eigenvalue weighted by molar-refractivity contribution is 7.91. The Hall–Kier alpha value is -3.06. The second kappa shape index (κ2) is 24.9. The van der Waals surface area contributed by atoms with Crippen LogP contribution in [0.2, 0.25) is 0 Å². The average Bonchev–Trinajstić information content (AvgIpc) is 3.30. The number of ether oxygens (including phenoxy) is 2. The molecule has 0 spiro atoms. The number of likely N-dealkylation sites (tertiary alicyclic amines) is 1. The number of rotatable bonds is 25. The van der Waals surface area contributed by atoms with Gasteiger partial charge in [-0.3, -0.25) is 14.8 Å². The third-order valence-electron chi connectivity index (χ3n) is 14.0. The molecule has 4 heterocycles. The Kier molecular flexibility index (Phi) is 19.4. The topological polar surface area (TPSA) is 78.4 Å². The SMILES string of the molecule is CCCCCCCCCCCCCCCCCCOc1c(F)cc(S(=O)(=O)c2cnc3ccc(OC)cc3c2N2CCC(N3CCN(C4CCN(CC)CC4)CC3)CC2)cc1F. The number of halogens is 2. The van der Waals surface area contributed by atoms with Crippen LogP contribution in [0.3, 0.4) is 0 Å². The highest BCUT2D eigenvalue weighted by Crippen LogP contribution is 2.40. The van der Waals surface area contributed by atoms with Gasteiger partial charge in [-0.1, -0.05) is 110 Å². The molecule has 2 aromatic carbocycles. The molecule has 346 valence electrons. The Morgan fingerprint density at radius 1 is 0.661 bits per heavy atom. The predicted octanol–water partition coefficient (Wildman–Crippen LogP) is 11.1. The van der Waals surface area contributed by atoms with Gasteiger partial charge in [0.1, 0.15) is 10.6 Å². The lowest BCUT2D eigenvalue weighted by Crippen LogP contribution is -2.56. The lowest BCUT2D eigenvalue weighted by molar-refractivity contribution is 0.0384. The van der Waals surface area contributed by atoms with Crippen molar-refractivity contribution in [3.05, 3.63) is 48.2 Å². The number of hydrogen-bond donors (Lipinski definition) is 0. The fraction of sp³-hybridized carbons (Fsp3) is 0.700. The largest absolute Gasteiger partial charge is 0.497 e. The second-order valence-electron chi connectivity index (χ2n) is 18.2. The summed E-state index contributed by atoms with van der Waals surface area (Å²) in [5.41, 5.74) is 1.12. The molecule has 3 fully saturated rings. The number of aromatic nitrogens is 1. The molecule has 3 saturated heterocycles. The second-order valence-corrected chi connectivity index (χ2v) is 20.1. The van der Waals surface area contributed by atoms with Crippen LogP contribution in [0, 0.1) is 11.6 Å². The van der Waals surface area contributed by atoms with E-state index in [-0.39, 0.29) is 11.5 Å². The molecule has 6 rings (SSSR count). The van der Waals surface area contributed by atoms with E-state index >= 15 is 8.78 Å². The smallest absolute Gasteiger partial charge is 0.210 e. The fourth-order valence-corrected chi connectivity index (χ4v) is 11.5. The number of fused-ring (bicyclic) bond motifs is 1. The molecule has 3 aromatic rings. The summed E-state index contributed by atoms with van der Waals surface area (Å²) in [6, 6.07) is 8.29. The zero-order chi connectivity index (χ0) is 43.7. The number of benzene rings is 2. The van der Waals surface area contributed by atoms with Gasteiger partial charge in [0.15, 0.2) is 17.4 Å². The molecular formula is C50H77F2N5O4S. The molecule has 0 atom stereocenters. The molecule has 0 N–H and O–H groups in total. The summed E-state index contributed by atoms with van der Waals surface area (Å²) in [6.07, 6.45) is 25.4. The van der Waals surface area contributed by atoms with Crippen LogP contribution in [-0.4, -0.2) is 113 Å². The van der Waals surface area contributed by atoms with Crippen LogP contribution < -0.4 is 14.4 Å². The summed E-state index contributed by atoms with van der Waals surface area (Å²) in [6.45, 7) is 13.8. The van der Waals surface area contributed by atoms with Crippen LogP contribution in [0.4, 0.5) is 14.5 Å². The molecule has 1 aromatic heterocycles. The van der Waals surface area contributed by atoms with Gasteiger partial charge in [0.2, 0.25) is 9.84 Å². The molecule has 3 aliphatic rings. The van der Waals surface area contributed by atoms with Crippen LogP contribution >= 0.6 is 0 Å². The van der Waals surface area contributed by atoms with E-state index in [0.29, 0.717) is 53.9 Å². The van der Waals surface area contributed by atoms with Gasteiger partial charge in [0.05, 0.1) is 29.8 Å². The summed E-state index contributed by atoms with van der Waals surface area (Å²) < 4.78 is 71.2. The average molecular weight is 882 g/mol. The van der Waals surface area contributed by atoms with Crippen molar-refractivity contribution in [2.24, 2.45) is 0 Å². The zero-order valence-corrected chi connectivity index (χ0v) is 39.2. The fourth-order valence-electron chi connectivity index (χ4n) is 10.1. The van der Waals surface area contributed by atoms with Crippen molar-refractivity contribution in [1.82, 2.24) is 19.7 Å². The van der Waals surface area contributed by atoms with Gasteiger partial charge in [-0.05, 0) is 82.1 Å². The molecule has 0 saturated carbocycles. The van der Waals surface area contributed by atoms with Gasteiger partial charge in [0.25, 0.3) is 0 Å². The number of methoxy groups -OCH3 is 1. The summed E-state index contributed by atoms with van der Waals surface area (Å²) >= 11 is 0. The number of unbranched alkanes of at least 4 members (excludes halogenated alkanes) is 15. The molecule has 0 aliphatic carbocycles. The molecule has 0 radical (unpaired) electrons. The molecule has 0 bridgehead atoms. The van der Waals surface area contributed by atoms with E-state index in [1.165, 1.54) is 109 Å². The standard InChI is InChI=1S/C50H77F2N5O4S/c1-4-6-7-8-9-10-11-12-13-14-15-16-17-18-19-20-35-61-50-45(51)37-43(38-46(50)52)62(58,59)48-39-53-47-22-21-42(60-3)36-44(47)49(48)57-29-25-41(26-30-57)56-33-31-55(32-34-56)40-23-27-54(5-2)28-24-40/h21-22,36-41H,4-20,23-35H2,1-3H3. The van der Waals surface area contributed by atoms with Gasteiger partial charge in [-0.25, -0.2) is 17.2 Å². The maximum atomic E-state index is 15.6. The van der Waals surface area contributed by atoms with Gasteiger partial charge in [0, 0.05) is 62.9 Å². The van der Waals surface area contributed by atoms with E-state index in [0.717, 1.165) is 77.0 Å². The number of nitrogens with zero attached hydrogens (tertiary/aromatic N) is 5. The molecule has 12 heteroatoms. The first-order chi connectivity index (χ1) is 30.2. The van der Waals surface area contributed by atoms with Crippen molar-refractivity contribution in [1.29, 1.82) is 0 Å². The van der Waals surface area contributed by atoms with E-state index < -0.39 is 32.1 Å². The predicted molar refractivity (Wildman–Crippen MR) is 249 cm³/mol. The first kappa shape index (κ1) is 48.4. The van der Waals surface area contributed by atoms with Gasteiger partial charge in [-0.2, -0.15) is 0 Å². The number of hydrogen-bond acceptors (Lipinski definition) is 9. The molecule has 0 amide bonds. The maximum absolute atomic E-state index is 15.6. The Bertz CT molecular complexity index is 1890.